The summed E-state index contributed by atoms with van der Waals surface area (Å²) >= 11 is 6.05. The summed E-state index contributed by atoms with van der Waals surface area (Å²) < 4.78 is 5.15. The first-order valence-corrected chi connectivity index (χ1v) is 7.20. The third-order valence-electron chi connectivity index (χ3n) is 3.83. The second-order valence-electron chi connectivity index (χ2n) is 5.23. The Balaban J connectivity index is 2.35. The average Bonchev–Trinajstić information content (AvgIpc) is 3.23. The van der Waals surface area contributed by atoms with Gasteiger partial charge in [-0.15, -0.1) is 0 Å². The fourth-order valence-electron chi connectivity index (χ4n) is 2.49. The van der Waals surface area contributed by atoms with Crippen molar-refractivity contribution in [2.24, 2.45) is 5.92 Å². The van der Waals surface area contributed by atoms with E-state index in [-0.39, 0.29) is 5.56 Å². The van der Waals surface area contributed by atoms with E-state index in [9.17, 15) is 9.90 Å². The molecule has 1 N–H and O–H groups in total. The van der Waals surface area contributed by atoms with Crippen molar-refractivity contribution in [2.45, 2.75) is 25.8 Å². The molecule has 1 unspecified atom stereocenters. The van der Waals surface area contributed by atoms with Gasteiger partial charge in [0.2, 0.25) is 0 Å². The molecule has 0 saturated heterocycles. The number of hydrogen-bond acceptors (Lipinski definition) is 3. The van der Waals surface area contributed by atoms with Gasteiger partial charge in [0.15, 0.2) is 0 Å². The normalized spacial score (nSPS) is 15.9. The molecule has 0 bridgehead atoms. The van der Waals surface area contributed by atoms with Gasteiger partial charge in [-0.3, -0.25) is 0 Å². The van der Waals surface area contributed by atoms with Gasteiger partial charge in [0.25, 0.3) is 0 Å². The van der Waals surface area contributed by atoms with E-state index >= 15 is 0 Å². The monoisotopic (exact) mass is 297 g/mol. The highest BCUT2D eigenvalue weighted by molar-refractivity contribution is 6.31. The summed E-state index contributed by atoms with van der Waals surface area (Å²) in [5.41, 5.74) is 0.972. The molecule has 0 heterocycles. The molecule has 0 aliphatic heterocycles. The number of ether oxygens (including phenoxy) is 1. The van der Waals surface area contributed by atoms with Gasteiger partial charge in [0.1, 0.15) is 0 Å². The van der Waals surface area contributed by atoms with E-state index in [1.165, 1.54) is 12.8 Å². The first-order chi connectivity index (χ1) is 9.54. The van der Waals surface area contributed by atoms with Crippen molar-refractivity contribution in [3.05, 3.63) is 28.8 Å². The Kier molecular flexibility index (Phi) is 4.89. The highest BCUT2D eigenvalue weighted by atomic mass is 35.5. The summed E-state index contributed by atoms with van der Waals surface area (Å²) in [7, 11) is 1.65. The van der Waals surface area contributed by atoms with E-state index in [1.807, 2.05) is 0 Å². The molecular formula is C15H20ClNO3. The molecule has 1 saturated carbocycles. The Hall–Kier alpha value is -1.26. The molecule has 1 aliphatic carbocycles. The van der Waals surface area contributed by atoms with E-state index in [0.29, 0.717) is 35.8 Å². The van der Waals surface area contributed by atoms with Crippen LogP contribution in [0.3, 0.4) is 0 Å². The van der Waals surface area contributed by atoms with Crippen LogP contribution in [0, 0.1) is 5.92 Å². The van der Waals surface area contributed by atoms with Crippen molar-refractivity contribution < 1.29 is 14.6 Å². The summed E-state index contributed by atoms with van der Waals surface area (Å²) in [6.07, 6.45) is 2.40. The molecule has 5 heteroatoms. The van der Waals surface area contributed by atoms with Crippen LogP contribution in [-0.4, -0.2) is 37.4 Å². The van der Waals surface area contributed by atoms with Gasteiger partial charge in [0, 0.05) is 24.7 Å². The predicted octanol–water partition coefficient (Wildman–Crippen LogP) is 3.29. The Labute approximate surface area is 124 Å². The zero-order valence-electron chi connectivity index (χ0n) is 11.8. The van der Waals surface area contributed by atoms with Crippen molar-refractivity contribution in [2.75, 3.05) is 25.2 Å². The maximum Gasteiger partial charge on any atom is 0.337 e. The van der Waals surface area contributed by atoms with Crippen molar-refractivity contribution in [1.82, 2.24) is 0 Å². The lowest BCUT2D eigenvalue weighted by Gasteiger charge is -2.32. The van der Waals surface area contributed by atoms with Gasteiger partial charge in [-0.1, -0.05) is 11.6 Å². The van der Waals surface area contributed by atoms with Gasteiger partial charge in [-0.05, 0) is 43.9 Å². The van der Waals surface area contributed by atoms with Gasteiger partial charge >= 0.3 is 5.97 Å². The molecule has 1 aromatic rings. The quantitative estimate of drug-likeness (QED) is 0.839. The molecule has 20 heavy (non-hydrogen) atoms. The molecular weight excluding hydrogens is 278 g/mol. The predicted molar refractivity (Wildman–Crippen MR) is 79.8 cm³/mol. The van der Waals surface area contributed by atoms with E-state index < -0.39 is 5.97 Å². The Morgan fingerprint density at radius 3 is 2.80 bits per heavy atom. The first-order valence-electron chi connectivity index (χ1n) is 6.83. The third-order valence-corrected chi connectivity index (χ3v) is 4.07. The topological polar surface area (TPSA) is 49.8 Å². The van der Waals surface area contributed by atoms with Crippen LogP contribution in [0.25, 0.3) is 0 Å². The number of benzene rings is 1. The SMILES string of the molecule is COCCN(c1cc(Cl)ccc1C(=O)O)C(C)C1CC1. The van der Waals surface area contributed by atoms with Crippen LogP contribution < -0.4 is 4.90 Å². The average molecular weight is 298 g/mol. The van der Waals surface area contributed by atoms with Gasteiger partial charge in [-0.25, -0.2) is 4.79 Å². The molecule has 0 aromatic heterocycles. The van der Waals surface area contributed by atoms with E-state index in [1.54, 1.807) is 25.3 Å². The fourth-order valence-corrected chi connectivity index (χ4v) is 2.66. The lowest BCUT2D eigenvalue weighted by molar-refractivity contribution is 0.0697. The van der Waals surface area contributed by atoms with Crippen molar-refractivity contribution in [1.29, 1.82) is 0 Å². The zero-order valence-corrected chi connectivity index (χ0v) is 12.6. The van der Waals surface area contributed by atoms with Crippen LogP contribution in [0.4, 0.5) is 5.69 Å². The first kappa shape index (κ1) is 15.1. The minimum Gasteiger partial charge on any atom is -0.478 e. The smallest absolute Gasteiger partial charge is 0.337 e. The Morgan fingerprint density at radius 1 is 1.55 bits per heavy atom. The number of carbonyl (C=O) groups is 1. The van der Waals surface area contributed by atoms with E-state index in [0.717, 1.165) is 0 Å². The number of carboxylic acids is 1. The van der Waals surface area contributed by atoms with Crippen LogP contribution in [-0.2, 0) is 4.74 Å². The van der Waals surface area contributed by atoms with Crippen LogP contribution >= 0.6 is 11.6 Å². The number of aromatic carboxylic acids is 1. The second kappa shape index (κ2) is 6.46. The molecule has 0 amide bonds. The second-order valence-corrected chi connectivity index (χ2v) is 5.67. The Bertz CT molecular complexity index is 488. The number of carboxylic acid groups (broad SMARTS) is 1. The van der Waals surface area contributed by atoms with Crippen LogP contribution in [0.5, 0.6) is 0 Å². The number of anilines is 1. The van der Waals surface area contributed by atoms with Gasteiger partial charge < -0.3 is 14.7 Å². The fraction of sp³-hybridized carbons (Fsp3) is 0.533. The molecule has 0 radical (unpaired) electrons. The summed E-state index contributed by atoms with van der Waals surface area (Å²) in [6.45, 7) is 3.36. The summed E-state index contributed by atoms with van der Waals surface area (Å²) in [4.78, 5) is 13.5. The molecule has 110 valence electrons. The van der Waals surface area contributed by atoms with Crippen LogP contribution in [0.15, 0.2) is 18.2 Å². The summed E-state index contributed by atoms with van der Waals surface area (Å²) in [5, 5.41) is 9.92. The number of hydrogen-bond donors (Lipinski definition) is 1. The Morgan fingerprint density at radius 2 is 2.25 bits per heavy atom. The lowest BCUT2D eigenvalue weighted by atomic mass is 10.1. The largest absolute Gasteiger partial charge is 0.478 e. The zero-order chi connectivity index (χ0) is 14.7. The highest BCUT2D eigenvalue weighted by Gasteiger charge is 2.33. The van der Waals surface area contributed by atoms with Crippen molar-refractivity contribution in [3.8, 4) is 0 Å². The van der Waals surface area contributed by atoms with Gasteiger partial charge in [0.05, 0.1) is 17.9 Å². The lowest BCUT2D eigenvalue weighted by Crippen LogP contribution is -2.38. The summed E-state index contributed by atoms with van der Waals surface area (Å²) in [5.74, 6) is -0.297. The van der Waals surface area contributed by atoms with Gasteiger partial charge in [-0.2, -0.15) is 0 Å². The third kappa shape index (κ3) is 3.44. The standard InChI is InChI=1S/C15H20ClNO3/c1-10(11-3-4-11)17(7-8-20-2)14-9-12(16)5-6-13(14)15(18)19/h5-6,9-11H,3-4,7-8H2,1-2H3,(H,18,19). The van der Waals surface area contributed by atoms with E-state index in [2.05, 4.69) is 11.8 Å². The highest BCUT2D eigenvalue weighted by Crippen LogP contribution is 2.38. The van der Waals surface area contributed by atoms with Crippen molar-refractivity contribution >= 4 is 23.3 Å². The molecule has 4 nitrogen and oxygen atoms in total. The molecule has 1 aromatic carbocycles. The molecule has 1 aliphatic rings. The number of rotatable bonds is 7. The maximum atomic E-state index is 11.4. The van der Waals surface area contributed by atoms with Crippen LogP contribution in [0.2, 0.25) is 5.02 Å². The minimum atomic E-state index is -0.929. The van der Waals surface area contributed by atoms with E-state index in [4.69, 9.17) is 16.3 Å². The number of methoxy groups -OCH3 is 1. The summed E-state index contributed by atoms with van der Waals surface area (Å²) in [6, 6.07) is 5.21. The molecule has 2 rings (SSSR count). The molecule has 1 atom stereocenters. The van der Waals surface area contributed by atoms with Crippen molar-refractivity contribution in [3.63, 3.8) is 0 Å². The number of halogens is 1. The maximum absolute atomic E-state index is 11.4. The number of nitrogens with zero attached hydrogens (tertiary/aromatic N) is 1. The molecule has 1 fully saturated rings. The minimum absolute atomic E-state index is 0.290. The molecule has 0 spiro atoms. The van der Waals surface area contributed by atoms with Crippen LogP contribution in [0.1, 0.15) is 30.1 Å².